The molecule has 3 heteroatoms. The molecule has 0 unspecified atom stereocenters. The van der Waals surface area contributed by atoms with E-state index in [2.05, 4.69) is 76.9 Å². The highest BCUT2D eigenvalue weighted by molar-refractivity contribution is 6.74. The van der Waals surface area contributed by atoms with Crippen molar-refractivity contribution in [1.29, 1.82) is 0 Å². The van der Waals surface area contributed by atoms with Crippen molar-refractivity contribution in [2.45, 2.75) is 143 Å². The number of hydrogen-bond acceptors (Lipinski definition) is 2. The zero-order valence-corrected chi connectivity index (χ0v) is 24.4. The Morgan fingerprint density at radius 2 is 1.15 bits per heavy atom. The van der Waals surface area contributed by atoms with Crippen molar-refractivity contribution in [2.24, 2.45) is 0 Å². The third-order valence-electron chi connectivity index (χ3n) is 7.15. The van der Waals surface area contributed by atoms with Crippen LogP contribution in [0.4, 0.5) is 0 Å². The standard InChI is InChI=1S/C31H54O2Si/c1-7-8-9-10-11-12-13-14-15-16-17-18-19-20-21-26-32-27-29-22-24-30(25-23-29)28-33-34(5,6)31(2,3)4/h22-25H,7-19,26-28H2,1-6H3. The van der Waals surface area contributed by atoms with E-state index in [1.807, 2.05) is 0 Å². The van der Waals surface area contributed by atoms with E-state index in [1.165, 1.54) is 88.2 Å². The van der Waals surface area contributed by atoms with E-state index >= 15 is 0 Å². The normalized spacial score (nSPS) is 11.9. The fourth-order valence-corrected chi connectivity index (χ4v) is 4.59. The average molecular weight is 487 g/mol. The van der Waals surface area contributed by atoms with Crippen molar-refractivity contribution in [2.75, 3.05) is 6.61 Å². The Morgan fingerprint density at radius 3 is 1.65 bits per heavy atom. The Balaban J connectivity index is 2.01. The van der Waals surface area contributed by atoms with Crippen LogP contribution in [0.3, 0.4) is 0 Å². The first-order valence-corrected chi connectivity index (χ1v) is 16.9. The molecule has 0 N–H and O–H groups in total. The quantitative estimate of drug-likeness (QED) is 0.117. The number of hydrogen-bond donors (Lipinski definition) is 0. The van der Waals surface area contributed by atoms with Crippen LogP contribution in [0.15, 0.2) is 24.3 Å². The Bertz CT molecular complexity index is 676. The van der Waals surface area contributed by atoms with Crippen LogP contribution in [0.2, 0.25) is 18.1 Å². The summed E-state index contributed by atoms with van der Waals surface area (Å²) >= 11 is 0. The highest BCUT2D eigenvalue weighted by Crippen LogP contribution is 2.37. The van der Waals surface area contributed by atoms with Crippen LogP contribution < -0.4 is 0 Å². The Labute approximate surface area is 213 Å². The largest absolute Gasteiger partial charge is 0.413 e. The van der Waals surface area contributed by atoms with Gasteiger partial charge in [-0.25, -0.2) is 0 Å². The van der Waals surface area contributed by atoms with Gasteiger partial charge in [0, 0.05) is 6.42 Å². The van der Waals surface area contributed by atoms with Crippen LogP contribution in [0.25, 0.3) is 0 Å². The monoisotopic (exact) mass is 486 g/mol. The summed E-state index contributed by atoms with van der Waals surface area (Å²) in [4.78, 5) is 0. The van der Waals surface area contributed by atoms with Crippen LogP contribution in [0.1, 0.15) is 122 Å². The Hall–Kier alpha value is -1.08. The summed E-state index contributed by atoms with van der Waals surface area (Å²) < 4.78 is 12.0. The molecule has 1 aromatic rings. The van der Waals surface area contributed by atoms with Crippen molar-refractivity contribution in [1.82, 2.24) is 0 Å². The van der Waals surface area contributed by atoms with E-state index in [0.717, 1.165) is 6.42 Å². The van der Waals surface area contributed by atoms with Gasteiger partial charge < -0.3 is 9.16 Å². The molecule has 0 heterocycles. The molecule has 34 heavy (non-hydrogen) atoms. The predicted octanol–water partition coefficient (Wildman–Crippen LogP) is 9.82. The third kappa shape index (κ3) is 15.0. The fraction of sp³-hybridized carbons (Fsp3) is 0.742. The summed E-state index contributed by atoms with van der Waals surface area (Å²) in [6.07, 6.45) is 17.7. The molecule has 0 atom stereocenters. The zero-order valence-electron chi connectivity index (χ0n) is 23.4. The molecule has 0 fully saturated rings. The van der Waals surface area contributed by atoms with E-state index in [1.54, 1.807) is 0 Å². The number of rotatable bonds is 18. The van der Waals surface area contributed by atoms with E-state index in [4.69, 9.17) is 9.16 Å². The summed E-state index contributed by atoms with van der Waals surface area (Å²) in [5.41, 5.74) is 2.43. The van der Waals surface area contributed by atoms with Crippen LogP contribution in [0.5, 0.6) is 0 Å². The molecule has 1 aromatic carbocycles. The highest BCUT2D eigenvalue weighted by Gasteiger charge is 2.36. The maximum Gasteiger partial charge on any atom is 0.192 e. The molecule has 0 saturated heterocycles. The van der Waals surface area contributed by atoms with Crippen LogP contribution in [-0.4, -0.2) is 14.9 Å². The highest BCUT2D eigenvalue weighted by atomic mass is 28.4. The van der Waals surface area contributed by atoms with Gasteiger partial charge in [-0.3, -0.25) is 0 Å². The van der Waals surface area contributed by atoms with Gasteiger partial charge in [0.15, 0.2) is 8.32 Å². The first-order chi connectivity index (χ1) is 16.3. The lowest BCUT2D eigenvalue weighted by molar-refractivity contribution is 0.153. The molecule has 0 bridgehead atoms. The molecule has 0 aromatic heterocycles. The van der Waals surface area contributed by atoms with Crippen molar-refractivity contribution in [3.63, 3.8) is 0 Å². The lowest BCUT2D eigenvalue weighted by Crippen LogP contribution is -2.40. The van der Waals surface area contributed by atoms with Gasteiger partial charge in [0.05, 0.1) is 13.2 Å². The van der Waals surface area contributed by atoms with E-state index in [9.17, 15) is 0 Å². The molecule has 0 spiro atoms. The van der Waals surface area contributed by atoms with Gasteiger partial charge in [-0.2, -0.15) is 0 Å². The van der Waals surface area contributed by atoms with E-state index in [-0.39, 0.29) is 5.04 Å². The van der Waals surface area contributed by atoms with E-state index in [0.29, 0.717) is 19.8 Å². The SMILES string of the molecule is CCCCCCCCCCCCCCC#CCOCc1ccc(CO[Si](C)(C)C(C)(C)C)cc1. The van der Waals surface area contributed by atoms with Gasteiger partial charge in [-0.05, 0) is 35.7 Å². The van der Waals surface area contributed by atoms with Gasteiger partial charge in [0.25, 0.3) is 0 Å². The Morgan fingerprint density at radius 1 is 0.676 bits per heavy atom. The summed E-state index contributed by atoms with van der Waals surface area (Å²) in [5, 5.41) is 0.245. The second kappa shape index (κ2) is 18.2. The minimum Gasteiger partial charge on any atom is -0.413 e. The topological polar surface area (TPSA) is 18.5 Å². The van der Waals surface area contributed by atoms with Crippen molar-refractivity contribution >= 4 is 8.32 Å². The lowest BCUT2D eigenvalue weighted by atomic mass is 10.0. The summed E-state index contributed by atoms with van der Waals surface area (Å²) in [7, 11) is -1.70. The average Bonchev–Trinajstić information content (AvgIpc) is 2.80. The Kier molecular flexibility index (Phi) is 16.6. The predicted molar refractivity (Wildman–Crippen MR) is 152 cm³/mol. The van der Waals surface area contributed by atoms with Gasteiger partial charge in [0.1, 0.15) is 6.61 Å². The number of benzene rings is 1. The fourth-order valence-electron chi connectivity index (χ4n) is 3.63. The smallest absolute Gasteiger partial charge is 0.192 e. The minimum atomic E-state index is -1.70. The summed E-state index contributed by atoms with van der Waals surface area (Å²) in [6, 6.07) is 8.60. The second-order valence-corrected chi connectivity index (χ2v) is 16.2. The van der Waals surface area contributed by atoms with Crippen molar-refractivity contribution < 1.29 is 9.16 Å². The van der Waals surface area contributed by atoms with Gasteiger partial charge >= 0.3 is 0 Å². The van der Waals surface area contributed by atoms with Crippen molar-refractivity contribution in [3.05, 3.63) is 35.4 Å². The molecule has 0 saturated carbocycles. The summed E-state index contributed by atoms with van der Waals surface area (Å²) in [5.74, 6) is 6.44. The van der Waals surface area contributed by atoms with Crippen LogP contribution in [-0.2, 0) is 22.4 Å². The summed E-state index contributed by atoms with van der Waals surface area (Å²) in [6.45, 7) is 15.6. The maximum atomic E-state index is 6.31. The molecule has 194 valence electrons. The third-order valence-corrected chi connectivity index (χ3v) is 11.6. The molecule has 1 rings (SSSR count). The minimum absolute atomic E-state index is 0.245. The first-order valence-electron chi connectivity index (χ1n) is 14.0. The van der Waals surface area contributed by atoms with Crippen LogP contribution >= 0.6 is 0 Å². The second-order valence-electron chi connectivity index (χ2n) is 11.4. The first kappa shape index (κ1) is 30.9. The molecule has 0 aliphatic rings. The van der Waals surface area contributed by atoms with Gasteiger partial charge in [0.2, 0.25) is 0 Å². The molecule has 0 amide bonds. The van der Waals surface area contributed by atoms with Gasteiger partial charge in [-0.15, -0.1) is 5.92 Å². The zero-order chi connectivity index (χ0) is 25.1. The molecule has 2 nitrogen and oxygen atoms in total. The molecule has 0 aliphatic carbocycles. The molecule has 0 aliphatic heterocycles. The van der Waals surface area contributed by atoms with E-state index < -0.39 is 8.32 Å². The van der Waals surface area contributed by atoms with Crippen LogP contribution in [0, 0.1) is 11.8 Å². The van der Waals surface area contributed by atoms with Crippen molar-refractivity contribution in [3.8, 4) is 11.8 Å². The van der Waals surface area contributed by atoms with Gasteiger partial charge in [-0.1, -0.05) is 129 Å². The molecule has 0 radical (unpaired) electrons. The molecular weight excluding hydrogens is 432 g/mol. The number of unbranched alkanes of at least 4 members (excludes halogenated alkanes) is 12. The number of ether oxygens (including phenoxy) is 1. The lowest BCUT2D eigenvalue weighted by Gasteiger charge is -2.36. The molecular formula is C31H54O2Si. The maximum absolute atomic E-state index is 6.31.